The van der Waals surface area contributed by atoms with Gasteiger partial charge in [0, 0.05) is 6.54 Å². The number of nitrogens with one attached hydrogen (secondary N) is 2. The van der Waals surface area contributed by atoms with E-state index in [0.717, 1.165) is 30.8 Å². The van der Waals surface area contributed by atoms with E-state index in [0.29, 0.717) is 17.7 Å². The first-order chi connectivity index (χ1) is 12.3. The minimum absolute atomic E-state index is 0. The summed E-state index contributed by atoms with van der Waals surface area (Å²) in [6.45, 7) is 8.33. The molecule has 0 aromatic heterocycles. The monoisotopic (exact) mass is 393 g/mol. The molecule has 0 bridgehead atoms. The lowest BCUT2D eigenvalue weighted by atomic mass is 9.81. The Labute approximate surface area is 166 Å². The van der Waals surface area contributed by atoms with Crippen LogP contribution < -0.4 is 10.6 Å². The number of carbonyl (C=O) groups excluding carboxylic acids is 3. The average molecular weight is 394 g/mol. The highest BCUT2D eigenvalue weighted by Crippen LogP contribution is 2.29. The normalized spacial score (nSPS) is 19.5. The molecule has 27 heavy (non-hydrogen) atoms. The molecule has 0 saturated carbocycles. The summed E-state index contributed by atoms with van der Waals surface area (Å²) in [6, 6.07) is 5.95. The quantitative estimate of drug-likeness (QED) is 0.752. The SMILES string of the molecule is CC(C)C(C(=O)NCC1(C)CCNCC1)N1C(=O)c2ccccc2C1=O.Cl. The van der Waals surface area contributed by atoms with Crippen molar-refractivity contribution < 1.29 is 14.4 Å². The molecule has 3 amide bonds. The molecule has 1 aromatic rings. The molecular weight excluding hydrogens is 366 g/mol. The predicted octanol–water partition coefficient (Wildman–Crippen LogP) is 2.23. The second-order valence-electron chi connectivity index (χ2n) is 7.99. The molecular formula is C20H28ClN3O3. The number of carbonyl (C=O) groups is 3. The smallest absolute Gasteiger partial charge is 0.262 e. The fourth-order valence-corrected chi connectivity index (χ4v) is 3.79. The van der Waals surface area contributed by atoms with Crippen LogP contribution in [0.4, 0.5) is 0 Å². The zero-order valence-corrected chi connectivity index (χ0v) is 16.9. The van der Waals surface area contributed by atoms with Crippen LogP contribution in [-0.4, -0.2) is 48.3 Å². The van der Waals surface area contributed by atoms with E-state index in [-0.39, 0.29) is 41.5 Å². The van der Waals surface area contributed by atoms with E-state index >= 15 is 0 Å². The summed E-state index contributed by atoms with van der Waals surface area (Å²) in [5, 5.41) is 6.33. The summed E-state index contributed by atoms with van der Waals surface area (Å²) >= 11 is 0. The van der Waals surface area contributed by atoms with Gasteiger partial charge >= 0.3 is 0 Å². The van der Waals surface area contributed by atoms with E-state index in [1.807, 2.05) is 13.8 Å². The molecule has 1 saturated heterocycles. The Morgan fingerprint density at radius 2 is 1.67 bits per heavy atom. The number of halogens is 1. The second-order valence-corrected chi connectivity index (χ2v) is 7.99. The van der Waals surface area contributed by atoms with Crippen molar-refractivity contribution in [2.75, 3.05) is 19.6 Å². The molecule has 2 N–H and O–H groups in total. The Hall–Kier alpha value is -1.92. The third-order valence-electron chi connectivity index (χ3n) is 5.50. The van der Waals surface area contributed by atoms with Crippen LogP contribution in [-0.2, 0) is 4.79 Å². The van der Waals surface area contributed by atoms with Gasteiger partial charge in [-0.25, -0.2) is 0 Å². The Bertz CT molecular complexity index is 694. The average Bonchev–Trinajstić information content (AvgIpc) is 2.86. The fraction of sp³-hybridized carbons (Fsp3) is 0.550. The number of benzene rings is 1. The lowest BCUT2D eigenvalue weighted by Gasteiger charge is -2.35. The first kappa shape index (κ1) is 21.4. The molecule has 1 aromatic carbocycles. The molecule has 1 fully saturated rings. The van der Waals surface area contributed by atoms with Gasteiger partial charge in [0.15, 0.2) is 0 Å². The van der Waals surface area contributed by atoms with E-state index in [1.54, 1.807) is 24.3 Å². The summed E-state index contributed by atoms with van der Waals surface area (Å²) in [5.74, 6) is -1.19. The molecule has 0 radical (unpaired) electrons. The molecule has 3 rings (SSSR count). The molecule has 7 heteroatoms. The first-order valence-corrected chi connectivity index (χ1v) is 9.29. The van der Waals surface area contributed by atoms with Crippen molar-refractivity contribution in [1.29, 1.82) is 0 Å². The molecule has 148 valence electrons. The molecule has 2 heterocycles. The third-order valence-corrected chi connectivity index (χ3v) is 5.50. The summed E-state index contributed by atoms with van der Waals surface area (Å²) in [6.07, 6.45) is 1.99. The first-order valence-electron chi connectivity index (χ1n) is 9.29. The number of hydrogen-bond donors (Lipinski definition) is 2. The Kier molecular flexibility index (Phi) is 6.65. The molecule has 0 aliphatic carbocycles. The highest BCUT2D eigenvalue weighted by Gasteiger charge is 2.44. The van der Waals surface area contributed by atoms with E-state index in [1.165, 1.54) is 0 Å². The Morgan fingerprint density at radius 1 is 1.15 bits per heavy atom. The van der Waals surface area contributed by atoms with E-state index in [9.17, 15) is 14.4 Å². The predicted molar refractivity (Wildman–Crippen MR) is 106 cm³/mol. The molecule has 1 atom stereocenters. The Morgan fingerprint density at radius 3 is 2.15 bits per heavy atom. The van der Waals surface area contributed by atoms with Crippen molar-refractivity contribution in [3.8, 4) is 0 Å². The maximum absolute atomic E-state index is 12.9. The molecule has 2 aliphatic rings. The van der Waals surface area contributed by atoms with E-state index in [4.69, 9.17) is 0 Å². The number of nitrogens with zero attached hydrogens (tertiary/aromatic N) is 1. The Balaban J connectivity index is 0.00000261. The van der Waals surface area contributed by atoms with Crippen LogP contribution in [0.15, 0.2) is 24.3 Å². The number of amides is 3. The van der Waals surface area contributed by atoms with Crippen LogP contribution in [0, 0.1) is 11.3 Å². The zero-order valence-electron chi connectivity index (χ0n) is 16.1. The number of fused-ring (bicyclic) bond motifs is 1. The third kappa shape index (κ3) is 4.17. The van der Waals surface area contributed by atoms with Crippen LogP contribution in [0.25, 0.3) is 0 Å². The lowest BCUT2D eigenvalue weighted by Crippen LogP contribution is -2.54. The van der Waals surface area contributed by atoms with Gasteiger partial charge in [-0.15, -0.1) is 12.4 Å². The highest BCUT2D eigenvalue weighted by atomic mass is 35.5. The summed E-state index contributed by atoms with van der Waals surface area (Å²) in [5.41, 5.74) is 0.798. The zero-order chi connectivity index (χ0) is 18.9. The second kappa shape index (κ2) is 8.40. The van der Waals surface area contributed by atoms with Gasteiger partial charge in [0.05, 0.1) is 11.1 Å². The highest BCUT2D eigenvalue weighted by molar-refractivity contribution is 6.22. The van der Waals surface area contributed by atoms with E-state index < -0.39 is 6.04 Å². The van der Waals surface area contributed by atoms with Crippen LogP contribution >= 0.6 is 12.4 Å². The molecule has 1 unspecified atom stereocenters. The van der Waals surface area contributed by atoms with Gasteiger partial charge in [-0.05, 0) is 49.4 Å². The van der Waals surface area contributed by atoms with Crippen LogP contribution in [0.1, 0.15) is 54.3 Å². The summed E-state index contributed by atoms with van der Waals surface area (Å²) in [4.78, 5) is 39.5. The number of hydrogen-bond acceptors (Lipinski definition) is 4. The van der Waals surface area contributed by atoms with Crippen LogP contribution in [0.3, 0.4) is 0 Å². The van der Waals surface area contributed by atoms with Gasteiger partial charge in [-0.3, -0.25) is 19.3 Å². The van der Waals surface area contributed by atoms with Gasteiger partial charge in [-0.2, -0.15) is 0 Å². The van der Waals surface area contributed by atoms with Crippen molar-refractivity contribution in [3.63, 3.8) is 0 Å². The van der Waals surface area contributed by atoms with Crippen LogP contribution in [0.5, 0.6) is 0 Å². The molecule has 0 spiro atoms. The lowest BCUT2D eigenvalue weighted by molar-refractivity contribution is -0.126. The molecule has 6 nitrogen and oxygen atoms in total. The fourth-order valence-electron chi connectivity index (χ4n) is 3.79. The minimum Gasteiger partial charge on any atom is -0.354 e. The number of piperidine rings is 1. The van der Waals surface area contributed by atoms with Gasteiger partial charge in [0.1, 0.15) is 6.04 Å². The van der Waals surface area contributed by atoms with Gasteiger partial charge in [-0.1, -0.05) is 32.9 Å². The van der Waals surface area contributed by atoms with Gasteiger partial charge in [0.25, 0.3) is 11.8 Å². The topological polar surface area (TPSA) is 78.5 Å². The van der Waals surface area contributed by atoms with Crippen LogP contribution in [0.2, 0.25) is 0 Å². The summed E-state index contributed by atoms with van der Waals surface area (Å²) < 4.78 is 0. The van der Waals surface area contributed by atoms with Gasteiger partial charge < -0.3 is 10.6 Å². The van der Waals surface area contributed by atoms with Crippen molar-refractivity contribution in [1.82, 2.24) is 15.5 Å². The van der Waals surface area contributed by atoms with Crippen molar-refractivity contribution in [2.24, 2.45) is 11.3 Å². The van der Waals surface area contributed by atoms with E-state index in [2.05, 4.69) is 17.6 Å². The van der Waals surface area contributed by atoms with Crippen molar-refractivity contribution >= 4 is 30.1 Å². The van der Waals surface area contributed by atoms with Crippen molar-refractivity contribution in [2.45, 2.75) is 39.7 Å². The maximum atomic E-state index is 12.9. The van der Waals surface area contributed by atoms with Gasteiger partial charge in [0.2, 0.25) is 5.91 Å². The number of imide groups is 1. The number of rotatable bonds is 5. The van der Waals surface area contributed by atoms with Crippen molar-refractivity contribution in [3.05, 3.63) is 35.4 Å². The molecule has 2 aliphatic heterocycles. The minimum atomic E-state index is -0.798. The standard InChI is InChI=1S/C20H27N3O3.ClH/c1-13(2)16(17(24)22-12-20(3)8-10-21-11-9-20)23-18(25)14-6-4-5-7-15(14)19(23)26;/h4-7,13,16,21H,8-12H2,1-3H3,(H,22,24);1H. The largest absolute Gasteiger partial charge is 0.354 e. The summed E-state index contributed by atoms with van der Waals surface area (Å²) in [7, 11) is 0. The maximum Gasteiger partial charge on any atom is 0.262 e.